The van der Waals surface area contributed by atoms with Crippen LogP contribution in [0.4, 0.5) is 0 Å². The second kappa shape index (κ2) is 7.29. The molecule has 0 aromatic carbocycles. The van der Waals surface area contributed by atoms with E-state index in [0.29, 0.717) is 31.3 Å². The van der Waals surface area contributed by atoms with E-state index in [-0.39, 0.29) is 24.0 Å². The molecule has 20 heavy (non-hydrogen) atoms. The van der Waals surface area contributed by atoms with E-state index in [1.807, 2.05) is 0 Å². The third-order valence-corrected chi connectivity index (χ3v) is 6.75. The van der Waals surface area contributed by atoms with Crippen molar-refractivity contribution in [3.05, 3.63) is 0 Å². The monoisotopic (exact) mass is 415 g/mol. The van der Waals surface area contributed by atoms with Gasteiger partial charge in [0.15, 0.2) is 15.8 Å². The van der Waals surface area contributed by atoms with Gasteiger partial charge in [-0.05, 0) is 31.6 Å². The van der Waals surface area contributed by atoms with Crippen LogP contribution >= 0.6 is 24.0 Å². The number of nitrogens with zero attached hydrogens (tertiary/aromatic N) is 1. The van der Waals surface area contributed by atoms with Gasteiger partial charge in [-0.3, -0.25) is 4.99 Å². The minimum Gasteiger partial charge on any atom is -0.370 e. The van der Waals surface area contributed by atoms with E-state index in [4.69, 9.17) is 5.73 Å². The van der Waals surface area contributed by atoms with Gasteiger partial charge in [0.2, 0.25) is 0 Å². The molecule has 7 heteroatoms. The molecule has 0 spiro atoms. The number of rotatable bonds is 5. The molecule has 2 fully saturated rings. The summed E-state index contributed by atoms with van der Waals surface area (Å²) in [6, 6.07) is 0. The summed E-state index contributed by atoms with van der Waals surface area (Å²) in [4.78, 5) is 4.28. The minimum atomic E-state index is -3.08. The third kappa shape index (κ3) is 4.22. The first kappa shape index (κ1) is 18.0. The van der Waals surface area contributed by atoms with Gasteiger partial charge in [0.05, 0.1) is 11.3 Å². The van der Waals surface area contributed by atoms with E-state index < -0.39 is 14.6 Å². The summed E-state index contributed by atoms with van der Waals surface area (Å²) in [5, 5.41) is 3.11. The van der Waals surface area contributed by atoms with Gasteiger partial charge in [-0.25, -0.2) is 8.42 Å². The molecule has 0 aromatic rings. The van der Waals surface area contributed by atoms with Crippen LogP contribution in [0.15, 0.2) is 4.99 Å². The highest BCUT2D eigenvalue weighted by Gasteiger charge is 2.43. The van der Waals surface area contributed by atoms with Gasteiger partial charge in [0, 0.05) is 12.8 Å². The molecule has 3 N–H and O–H groups in total. The number of nitrogens with one attached hydrogen (secondary N) is 1. The van der Waals surface area contributed by atoms with Crippen molar-refractivity contribution in [2.45, 2.75) is 49.7 Å². The maximum absolute atomic E-state index is 12.0. The Hall–Kier alpha value is -0.0500. The van der Waals surface area contributed by atoms with E-state index >= 15 is 0 Å². The first-order valence-corrected chi connectivity index (χ1v) is 9.05. The summed E-state index contributed by atoms with van der Waals surface area (Å²) in [6.45, 7) is 1.16. The molecule has 0 radical (unpaired) electrons. The summed E-state index contributed by atoms with van der Waals surface area (Å²) < 4.78 is 23.2. The Morgan fingerprint density at radius 1 is 1.30 bits per heavy atom. The number of hydrogen-bond acceptors (Lipinski definition) is 3. The molecule has 0 atom stereocenters. The topological polar surface area (TPSA) is 84.5 Å². The molecule has 0 unspecified atom stereocenters. The fraction of sp³-hybridized carbons (Fsp3) is 0.923. The summed E-state index contributed by atoms with van der Waals surface area (Å²) in [6.07, 6.45) is 8.51. The van der Waals surface area contributed by atoms with Crippen LogP contribution in [0.25, 0.3) is 0 Å². The van der Waals surface area contributed by atoms with E-state index in [0.717, 1.165) is 19.4 Å². The zero-order valence-electron chi connectivity index (χ0n) is 12.1. The van der Waals surface area contributed by atoms with Crippen LogP contribution in [-0.2, 0) is 9.84 Å². The van der Waals surface area contributed by atoms with Crippen LogP contribution in [0.1, 0.15) is 44.9 Å². The molecule has 0 heterocycles. The number of sulfone groups is 1. The largest absolute Gasteiger partial charge is 0.370 e. The smallest absolute Gasteiger partial charge is 0.188 e. The Kier molecular flexibility index (Phi) is 6.56. The van der Waals surface area contributed by atoms with Crippen LogP contribution in [0, 0.1) is 5.92 Å². The fourth-order valence-corrected chi connectivity index (χ4v) is 4.23. The van der Waals surface area contributed by atoms with Crippen molar-refractivity contribution >= 4 is 39.8 Å². The molecule has 2 aliphatic rings. The first-order valence-electron chi connectivity index (χ1n) is 7.16. The Bertz CT molecular complexity index is 441. The van der Waals surface area contributed by atoms with Gasteiger partial charge in [0.1, 0.15) is 0 Å². The molecule has 0 aliphatic heterocycles. The van der Waals surface area contributed by atoms with E-state index in [2.05, 4.69) is 10.3 Å². The Morgan fingerprint density at radius 3 is 2.35 bits per heavy atom. The second-order valence-corrected chi connectivity index (χ2v) is 8.45. The van der Waals surface area contributed by atoms with Crippen LogP contribution in [0.3, 0.4) is 0 Å². The standard InChI is InChI=1S/C13H25N3O2S.HI/c1-19(17,18)13(7-2-3-8-13)10-16-12(14)15-9-11-5-4-6-11;/h11H,2-10H2,1H3,(H3,14,15,16);1H. The van der Waals surface area contributed by atoms with Crippen LogP contribution in [-0.4, -0.2) is 38.5 Å². The lowest BCUT2D eigenvalue weighted by molar-refractivity contribution is 0.315. The predicted octanol–water partition coefficient (Wildman–Crippen LogP) is 1.67. The minimum absolute atomic E-state index is 0. The van der Waals surface area contributed by atoms with Gasteiger partial charge in [-0.1, -0.05) is 19.3 Å². The van der Waals surface area contributed by atoms with Crippen molar-refractivity contribution < 1.29 is 8.42 Å². The number of nitrogens with two attached hydrogens (primary N) is 1. The van der Waals surface area contributed by atoms with Crippen molar-refractivity contribution in [3.8, 4) is 0 Å². The highest BCUT2D eigenvalue weighted by molar-refractivity contribution is 14.0. The quantitative estimate of drug-likeness (QED) is 0.407. The summed E-state index contributed by atoms with van der Waals surface area (Å²) in [5.74, 6) is 1.10. The molecular weight excluding hydrogens is 389 g/mol. The van der Waals surface area contributed by atoms with Crippen molar-refractivity contribution in [1.82, 2.24) is 5.32 Å². The Balaban J connectivity index is 0.00000200. The maximum Gasteiger partial charge on any atom is 0.188 e. The molecule has 2 aliphatic carbocycles. The number of hydrogen-bond donors (Lipinski definition) is 2. The van der Waals surface area contributed by atoms with Crippen molar-refractivity contribution in [3.63, 3.8) is 0 Å². The molecule has 5 nitrogen and oxygen atoms in total. The lowest BCUT2D eigenvalue weighted by Gasteiger charge is -2.26. The zero-order valence-corrected chi connectivity index (χ0v) is 15.2. The van der Waals surface area contributed by atoms with E-state index in [9.17, 15) is 8.42 Å². The number of aliphatic imine (C=N–C) groups is 1. The highest BCUT2D eigenvalue weighted by atomic mass is 127. The molecule has 0 aromatic heterocycles. The summed E-state index contributed by atoms with van der Waals surface area (Å²) >= 11 is 0. The second-order valence-electron chi connectivity index (χ2n) is 6.04. The van der Waals surface area contributed by atoms with Gasteiger partial charge in [-0.2, -0.15) is 0 Å². The van der Waals surface area contributed by atoms with Gasteiger partial charge in [0.25, 0.3) is 0 Å². The molecule has 0 saturated heterocycles. The van der Waals surface area contributed by atoms with Crippen LogP contribution < -0.4 is 11.1 Å². The summed E-state index contributed by atoms with van der Waals surface area (Å²) in [5.41, 5.74) is 5.83. The average molecular weight is 415 g/mol. The normalized spacial score (nSPS) is 22.9. The average Bonchev–Trinajstić information content (AvgIpc) is 2.73. The lowest BCUT2D eigenvalue weighted by Crippen LogP contribution is -2.41. The molecule has 0 bridgehead atoms. The third-order valence-electron chi connectivity index (χ3n) is 4.64. The van der Waals surface area contributed by atoms with Gasteiger partial charge >= 0.3 is 0 Å². The molecule has 118 valence electrons. The highest BCUT2D eigenvalue weighted by Crippen LogP contribution is 2.36. The summed E-state index contributed by atoms with van der Waals surface area (Å²) in [7, 11) is -3.08. The molecule has 0 amide bonds. The van der Waals surface area contributed by atoms with Crippen LogP contribution in [0.2, 0.25) is 0 Å². The zero-order chi connectivity index (χ0) is 13.9. The SMILES string of the molecule is CS(=O)(=O)C1(CN=C(N)NCC2CCC2)CCCC1.I. The van der Waals surface area contributed by atoms with Crippen molar-refractivity contribution in [2.75, 3.05) is 19.3 Å². The molecular formula is C13H26IN3O2S. The maximum atomic E-state index is 12.0. The van der Waals surface area contributed by atoms with E-state index in [1.165, 1.54) is 25.5 Å². The van der Waals surface area contributed by atoms with Crippen molar-refractivity contribution in [2.24, 2.45) is 16.6 Å². The Morgan fingerprint density at radius 2 is 1.90 bits per heavy atom. The first-order chi connectivity index (χ1) is 8.93. The van der Waals surface area contributed by atoms with Crippen LogP contribution in [0.5, 0.6) is 0 Å². The lowest BCUT2D eigenvalue weighted by atomic mass is 9.85. The predicted molar refractivity (Wildman–Crippen MR) is 93.3 cm³/mol. The number of halogens is 1. The molecule has 2 rings (SSSR count). The molecule has 2 saturated carbocycles. The van der Waals surface area contributed by atoms with Gasteiger partial charge < -0.3 is 11.1 Å². The van der Waals surface area contributed by atoms with E-state index in [1.54, 1.807) is 0 Å². The van der Waals surface area contributed by atoms with Gasteiger partial charge in [-0.15, -0.1) is 24.0 Å². The van der Waals surface area contributed by atoms with Crippen molar-refractivity contribution in [1.29, 1.82) is 0 Å². The number of guanidine groups is 1. The fourth-order valence-electron chi connectivity index (χ4n) is 2.90. The Labute approximate surface area is 139 Å².